The van der Waals surface area contributed by atoms with Gasteiger partial charge in [0.1, 0.15) is 26.4 Å². The number of nitrogens with zero attached hydrogens (tertiary/aromatic N) is 1. The zero-order chi connectivity index (χ0) is 20.3. The summed E-state index contributed by atoms with van der Waals surface area (Å²) in [5.41, 5.74) is 0. The largest absolute Gasteiger partial charge is 0.486 e. The molecule has 1 saturated heterocycles. The zero-order valence-corrected chi connectivity index (χ0v) is 16.8. The van der Waals surface area contributed by atoms with Gasteiger partial charge in [0.2, 0.25) is 10.0 Å². The molecule has 0 saturated carbocycles. The van der Waals surface area contributed by atoms with E-state index in [0.29, 0.717) is 64.0 Å². The standard InChI is InChI=1S/C20H23FN2O5S/c21-17-3-1-2-4-18(17)26-12-11-22-7-9-23(10-8-22)29(24,25)16-5-6-19-20(15-16)28-14-13-27-19/h1-6,15H,7-14H2/p+1. The summed E-state index contributed by atoms with van der Waals surface area (Å²) >= 11 is 0. The molecule has 29 heavy (non-hydrogen) atoms. The third kappa shape index (κ3) is 4.47. The lowest BCUT2D eigenvalue weighted by Crippen LogP contribution is -3.15. The maximum atomic E-state index is 13.6. The molecule has 2 aliphatic rings. The van der Waals surface area contributed by atoms with Crippen molar-refractivity contribution in [1.82, 2.24) is 4.31 Å². The molecule has 0 spiro atoms. The number of quaternary nitrogens is 1. The van der Waals surface area contributed by atoms with Gasteiger partial charge >= 0.3 is 0 Å². The molecule has 7 nitrogen and oxygen atoms in total. The van der Waals surface area contributed by atoms with Crippen LogP contribution in [0.4, 0.5) is 4.39 Å². The number of nitrogens with one attached hydrogen (secondary N) is 1. The number of hydrogen-bond acceptors (Lipinski definition) is 5. The van der Waals surface area contributed by atoms with Crippen LogP contribution in [0, 0.1) is 5.82 Å². The van der Waals surface area contributed by atoms with Gasteiger partial charge in [0.15, 0.2) is 23.1 Å². The second kappa shape index (κ2) is 8.56. The van der Waals surface area contributed by atoms with Crippen molar-refractivity contribution in [3.05, 3.63) is 48.3 Å². The summed E-state index contributed by atoms with van der Waals surface area (Å²) < 4.78 is 57.5. The van der Waals surface area contributed by atoms with Gasteiger partial charge in [-0.15, -0.1) is 0 Å². The minimum Gasteiger partial charge on any atom is -0.486 e. The predicted octanol–water partition coefficient (Wildman–Crippen LogP) is 0.565. The minimum absolute atomic E-state index is 0.216. The SMILES string of the molecule is O=S(=O)(c1ccc2c(c1)OCCO2)N1CC[NH+](CCOc2ccccc2F)CC1. The van der Waals surface area contributed by atoms with Crippen LogP contribution in [0.25, 0.3) is 0 Å². The molecule has 4 rings (SSSR count). The van der Waals surface area contributed by atoms with Crippen molar-refractivity contribution < 1.29 is 31.9 Å². The third-order valence-electron chi connectivity index (χ3n) is 5.13. The summed E-state index contributed by atoms with van der Waals surface area (Å²) in [6.07, 6.45) is 0. The fourth-order valence-corrected chi connectivity index (χ4v) is 4.95. The van der Waals surface area contributed by atoms with Crippen LogP contribution in [-0.4, -0.2) is 65.3 Å². The molecule has 0 atom stereocenters. The zero-order valence-electron chi connectivity index (χ0n) is 16.0. The summed E-state index contributed by atoms with van der Waals surface area (Å²) in [4.78, 5) is 1.45. The first-order valence-corrected chi connectivity index (χ1v) is 11.1. The van der Waals surface area contributed by atoms with E-state index in [9.17, 15) is 12.8 Å². The van der Waals surface area contributed by atoms with E-state index in [1.165, 1.54) is 21.3 Å². The highest BCUT2D eigenvalue weighted by molar-refractivity contribution is 7.89. The van der Waals surface area contributed by atoms with E-state index in [1.54, 1.807) is 30.3 Å². The highest BCUT2D eigenvalue weighted by atomic mass is 32.2. The van der Waals surface area contributed by atoms with Crippen LogP contribution < -0.4 is 19.1 Å². The molecular weight excluding hydrogens is 399 g/mol. The van der Waals surface area contributed by atoms with E-state index < -0.39 is 10.0 Å². The molecule has 0 bridgehead atoms. The van der Waals surface area contributed by atoms with Crippen molar-refractivity contribution in [3.63, 3.8) is 0 Å². The lowest BCUT2D eigenvalue weighted by atomic mass is 10.3. The van der Waals surface area contributed by atoms with E-state index in [2.05, 4.69) is 0 Å². The fraction of sp³-hybridized carbons (Fsp3) is 0.400. The molecule has 2 aromatic carbocycles. The molecule has 0 aliphatic carbocycles. The van der Waals surface area contributed by atoms with Gasteiger partial charge < -0.3 is 19.1 Å². The summed E-state index contributed by atoms with van der Waals surface area (Å²) in [6.45, 7) is 4.13. The number of sulfonamides is 1. The second-order valence-corrected chi connectivity index (χ2v) is 8.93. The summed E-state index contributed by atoms with van der Waals surface area (Å²) in [7, 11) is -3.58. The summed E-state index contributed by atoms with van der Waals surface area (Å²) in [5.74, 6) is 0.899. The summed E-state index contributed by atoms with van der Waals surface area (Å²) in [6, 6.07) is 11.0. The van der Waals surface area contributed by atoms with Crippen LogP contribution in [0.3, 0.4) is 0 Å². The smallest absolute Gasteiger partial charge is 0.243 e. The minimum atomic E-state index is -3.58. The van der Waals surface area contributed by atoms with Gasteiger partial charge in [-0.1, -0.05) is 12.1 Å². The average Bonchev–Trinajstić information content (AvgIpc) is 2.75. The molecule has 2 aromatic rings. The quantitative estimate of drug-likeness (QED) is 0.736. The summed E-state index contributed by atoms with van der Waals surface area (Å²) in [5, 5.41) is 0. The second-order valence-electron chi connectivity index (χ2n) is 6.99. The molecule has 2 heterocycles. The van der Waals surface area contributed by atoms with E-state index >= 15 is 0 Å². The average molecular weight is 423 g/mol. The van der Waals surface area contributed by atoms with Crippen molar-refractivity contribution in [2.24, 2.45) is 0 Å². The number of benzene rings is 2. The van der Waals surface area contributed by atoms with Crippen molar-refractivity contribution in [2.45, 2.75) is 4.90 Å². The van der Waals surface area contributed by atoms with Crippen LogP contribution in [0.15, 0.2) is 47.4 Å². The normalized spacial score (nSPS) is 17.8. The van der Waals surface area contributed by atoms with Crippen LogP contribution in [0.5, 0.6) is 17.2 Å². The van der Waals surface area contributed by atoms with Crippen LogP contribution in [-0.2, 0) is 10.0 Å². The molecule has 9 heteroatoms. The van der Waals surface area contributed by atoms with Gasteiger partial charge in [-0.3, -0.25) is 0 Å². The van der Waals surface area contributed by atoms with Crippen molar-refractivity contribution in [2.75, 3.05) is 52.5 Å². The van der Waals surface area contributed by atoms with Crippen LogP contribution in [0.1, 0.15) is 0 Å². The molecule has 1 fully saturated rings. The monoisotopic (exact) mass is 423 g/mol. The van der Waals surface area contributed by atoms with E-state index in [0.717, 1.165) is 0 Å². The number of hydrogen-bond donors (Lipinski definition) is 1. The predicted molar refractivity (Wildman–Crippen MR) is 104 cm³/mol. The first-order valence-electron chi connectivity index (χ1n) is 9.65. The van der Waals surface area contributed by atoms with E-state index in [1.807, 2.05) is 0 Å². The van der Waals surface area contributed by atoms with E-state index in [-0.39, 0.29) is 16.5 Å². The van der Waals surface area contributed by atoms with E-state index in [4.69, 9.17) is 14.2 Å². The number of halogens is 1. The number of fused-ring (bicyclic) bond motifs is 1. The molecule has 156 valence electrons. The molecule has 0 unspecified atom stereocenters. The lowest BCUT2D eigenvalue weighted by molar-refractivity contribution is -0.903. The number of para-hydroxylation sites is 1. The van der Waals surface area contributed by atoms with Gasteiger partial charge in [-0.25, -0.2) is 12.8 Å². The Balaban J connectivity index is 1.31. The number of ether oxygens (including phenoxy) is 3. The Hall–Kier alpha value is -2.36. The lowest BCUT2D eigenvalue weighted by Gasteiger charge is -2.31. The van der Waals surface area contributed by atoms with Crippen LogP contribution >= 0.6 is 0 Å². The van der Waals surface area contributed by atoms with Crippen LogP contribution in [0.2, 0.25) is 0 Å². The van der Waals surface area contributed by atoms with Gasteiger partial charge in [-0.05, 0) is 24.3 Å². The Labute approximate surface area is 169 Å². The molecule has 0 radical (unpaired) electrons. The Morgan fingerprint density at radius 2 is 1.76 bits per heavy atom. The van der Waals surface area contributed by atoms with Gasteiger partial charge in [-0.2, -0.15) is 4.31 Å². The Morgan fingerprint density at radius 3 is 2.52 bits per heavy atom. The first-order chi connectivity index (χ1) is 14.0. The Morgan fingerprint density at radius 1 is 1.03 bits per heavy atom. The molecule has 0 aromatic heterocycles. The fourth-order valence-electron chi connectivity index (χ4n) is 3.49. The van der Waals surface area contributed by atoms with Gasteiger partial charge in [0, 0.05) is 6.07 Å². The molecular formula is C20H24FN2O5S+. The number of rotatable bonds is 6. The van der Waals surface area contributed by atoms with Gasteiger partial charge in [0.05, 0.1) is 31.1 Å². The molecule has 2 aliphatic heterocycles. The van der Waals surface area contributed by atoms with Crippen molar-refractivity contribution in [1.29, 1.82) is 0 Å². The van der Waals surface area contributed by atoms with Crippen molar-refractivity contribution in [3.8, 4) is 17.2 Å². The first kappa shape index (κ1) is 19.9. The molecule has 0 amide bonds. The third-order valence-corrected chi connectivity index (χ3v) is 7.03. The maximum Gasteiger partial charge on any atom is 0.243 e. The highest BCUT2D eigenvalue weighted by Crippen LogP contribution is 2.33. The van der Waals surface area contributed by atoms with Gasteiger partial charge in [0.25, 0.3) is 0 Å². The Bertz CT molecular complexity index is 961. The van der Waals surface area contributed by atoms with Crippen molar-refractivity contribution >= 4 is 10.0 Å². The number of piperazine rings is 1. The highest BCUT2D eigenvalue weighted by Gasteiger charge is 2.31. The Kier molecular flexibility index (Phi) is 5.89. The topological polar surface area (TPSA) is 69.5 Å². The maximum absolute atomic E-state index is 13.6. The molecule has 1 N–H and O–H groups in total.